The number of ketones is 1. The number of fused-ring (bicyclic) bond motifs is 1. The number of carbonyl (C=O) groups excluding carboxylic acids is 1. The predicted molar refractivity (Wildman–Crippen MR) is 46.7 cm³/mol. The van der Waals surface area contributed by atoms with Crippen molar-refractivity contribution in [1.82, 2.24) is 9.97 Å². The van der Waals surface area contributed by atoms with Crippen molar-refractivity contribution in [2.24, 2.45) is 0 Å². The number of carboxylic acid groups (broad SMARTS) is 1. The highest BCUT2D eigenvalue weighted by molar-refractivity contribution is 5.98. The van der Waals surface area contributed by atoms with Gasteiger partial charge in [0.05, 0.1) is 5.69 Å². The third-order valence-corrected chi connectivity index (χ3v) is 1.88. The lowest BCUT2D eigenvalue weighted by Gasteiger charge is -2.07. The Hall–Kier alpha value is -2.04. The molecule has 0 spiro atoms. The number of aromatic carboxylic acids is 1. The van der Waals surface area contributed by atoms with Gasteiger partial charge >= 0.3 is 5.97 Å². The van der Waals surface area contributed by atoms with Crippen molar-refractivity contribution in [3.8, 4) is 0 Å². The number of hydrogen-bond acceptors (Lipinski definition) is 4. The second-order valence-corrected chi connectivity index (χ2v) is 2.89. The summed E-state index contributed by atoms with van der Waals surface area (Å²) in [4.78, 5) is 28.9. The normalized spacial score (nSPS) is 13.9. The van der Waals surface area contributed by atoms with Crippen molar-refractivity contribution < 1.29 is 14.7 Å². The van der Waals surface area contributed by atoms with Crippen LogP contribution in [-0.2, 0) is 11.2 Å². The van der Waals surface area contributed by atoms with Crippen molar-refractivity contribution in [2.75, 3.05) is 0 Å². The fourth-order valence-electron chi connectivity index (χ4n) is 1.22. The summed E-state index contributed by atoms with van der Waals surface area (Å²) in [5.74, 6) is -1.44. The highest BCUT2D eigenvalue weighted by Crippen LogP contribution is 2.13. The van der Waals surface area contributed by atoms with Crippen LogP contribution in [0.2, 0.25) is 0 Å². The summed E-state index contributed by atoms with van der Waals surface area (Å²) in [5, 5.41) is 8.62. The maximum absolute atomic E-state index is 11.0. The molecule has 5 nitrogen and oxygen atoms in total. The van der Waals surface area contributed by atoms with Crippen LogP contribution in [0.3, 0.4) is 0 Å². The van der Waals surface area contributed by atoms with Crippen LogP contribution in [0.25, 0.3) is 6.08 Å². The number of carboxylic acids is 1. The SMILES string of the molecule is O=C1C=Cc2nc(C(=O)O)ncc2C1. The van der Waals surface area contributed by atoms with E-state index in [4.69, 9.17) is 5.11 Å². The van der Waals surface area contributed by atoms with Gasteiger partial charge in [-0.2, -0.15) is 0 Å². The Morgan fingerprint density at radius 3 is 2.93 bits per heavy atom. The number of rotatable bonds is 1. The quantitative estimate of drug-likeness (QED) is 0.689. The molecule has 0 radical (unpaired) electrons. The minimum absolute atomic E-state index is 0.0239. The molecule has 1 heterocycles. The van der Waals surface area contributed by atoms with Gasteiger partial charge in [-0.1, -0.05) is 0 Å². The molecule has 0 aliphatic heterocycles. The minimum atomic E-state index is -1.17. The molecule has 0 aromatic carbocycles. The van der Waals surface area contributed by atoms with Crippen LogP contribution < -0.4 is 0 Å². The first kappa shape index (κ1) is 8.55. The Balaban J connectivity index is 2.49. The molecule has 0 saturated heterocycles. The zero-order valence-electron chi connectivity index (χ0n) is 7.10. The Kier molecular flexibility index (Phi) is 1.85. The molecule has 0 fully saturated rings. The molecule has 1 aromatic heterocycles. The van der Waals surface area contributed by atoms with Crippen LogP contribution in [0.15, 0.2) is 12.3 Å². The van der Waals surface area contributed by atoms with E-state index < -0.39 is 5.97 Å². The van der Waals surface area contributed by atoms with Gasteiger partial charge in [-0.15, -0.1) is 0 Å². The van der Waals surface area contributed by atoms with Crippen molar-refractivity contribution in [3.63, 3.8) is 0 Å². The van der Waals surface area contributed by atoms with Gasteiger partial charge in [-0.05, 0) is 12.2 Å². The number of allylic oxidation sites excluding steroid dienone is 1. The molecule has 1 N–H and O–H groups in total. The third-order valence-electron chi connectivity index (χ3n) is 1.88. The molecule has 2 rings (SSSR count). The molecule has 5 heteroatoms. The summed E-state index contributed by atoms with van der Waals surface area (Å²) < 4.78 is 0. The van der Waals surface area contributed by atoms with E-state index in [1.807, 2.05) is 0 Å². The highest BCUT2D eigenvalue weighted by Gasteiger charge is 2.15. The van der Waals surface area contributed by atoms with Crippen LogP contribution in [0.5, 0.6) is 0 Å². The molecule has 1 aliphatic rings. The summed E-state index contributed by atoms with van der Waals surface area (Å²) in [6, 6.07) is 0. The zero-order chi connectivity index (χ0) is 10.1. The van der Waals surface area contributed by atoms with Gasteiger partial charge in [-0.3, -0.25) is 4.79 Å². The van der Waals surface area contributed by atoms with Gasteiger partial charge in [0.15, 0.2) is 5.78 Å². The smallest absolute Gasteiger partial charge is 0.373 e. The van der Waals surface area contributed by atoms with Gasteiger partial charge in [0, 0.05) is 18.2 Å². The van der Waals surface area contributed by atoms with E-state index >= 15 is 0 Å². The van der Waals surface area contributed by atoms with Crippen LogP contribution in [0, 0.1) is 0 Å². The maximum Gasteiger partial charge on any atom is 0.373 e. The lowest BCUT2D eigenvalue weighted by Crippen LogP contribution is -2.12. The first-order valence-electron chi connectivity index (χ1n) is 3.97. The van der Waals surface area contributed by atoms with Gasteiger partial charge < -0.3 is 5.11 Å². The second-order valence-electron chi connectivity index (χ2n) is 2.89. The third kappa shape index (κ3) is 1.39. The largest absolute Gasteiger partial charge is 0.475 e. The molecule has 0 amide bonds. The first-order chi connectivity index (χ1) is 6.66. The monoisotopic (exact) mass is 190 g/mol. The Bertz CT molecular complexity index is 451. The van der Waals surface area contributed by atoms with Crippen molar-refractivity contribution in [1.29, 1.82) is 0 Å². The molecule has 14 heavy (non-hydrogen) atoms. The molecule has 70 valence electrons. The van der Waals surface area contributed by atoms with E-state index in [-0.39, 0.29) is 18.0 Å². The average Bonchev–Trinajstić information content (AvgIpc) is 2.16. The molecular weight excluding hydrogens is 184 g/mol. The fraction of sp³-hybridized carbons (Fsp3) is 0.111. The lowest BCUT2D eigenvalue weighted by atomic mass is 10.0. The van der Waals surface area contributed by atoms with E-state index in [0.29, 0.717) is 11.3 Å². The highest BCUT2D eigenvalue weighted by atomic mass is 16.4. The molecular formula is C9H6N2O3. The number of aromatic nitrogens is 2. The van der Waals surface area contributed by atoms with Crippen LogP contribution >= 0.6 is 0 Å². The standard InChI is InChI=1S/C9H6N2O3/c12-6-1-2-7-5(3-6)4-10-8(11-7)9(13)14/h1-2,4H,3H2,(H,13,14). The Morgan fingerprint density at radius 2 is 2.21 bits per heavy atom. The van der Waals surface area contributed by atoms with E-state index in [1.54, 1.807) is 0 Å². The molecule has 0 atom stereocenters. The van der Waals surface area contributed by atoms with Crippen LogP contribution in [-0.4, -0.2) is 26.8 Å². The van der Waals surface area contributed by atoms with Gasteiger partial charge in [0.2, 0.25) is 5.82 Å². The Morgan fingerprint density at radius 1 is 1.43 bits per heavy atom. The molecule has 0 bridgehead atoms. The second kappa shape index (κ2) is 3.02. The Labute approximate surface area is 79.1 Å². The number of hydrogen-bond donors (Lipinski definition) is 1. The molecule has 1 aliphatic carbocycles. The zero-order valence-corrected chi connectivity index (χ0v) is 7.10. The summed E-state index contributed by atoms with van der Waals surface area (Å²) in [5.41, 5.74) is 1.18. The first-order valence-corrected chi connectivity index (χ1v) is 3.97. The van der Waals surface area contributed by atoms with Gasteiger partial charge in [0.25, 0.3) is 0 Å². The summed E-state index contributed by atoms with van der Waals surface area (Å²) >= 11 is 0. The summed E-state index contributed by atoms with van der Waals surface area (Å²) in [6.07, 6.45) is 4.52. The van der Waals surface area contributed by atoms with Gasteiger partial charge in [-0.25, -0.2) is 14.8 Å². The number of nitrogens with zero attached hydrogens (tertiary/aromatic N) is 2. The molecule has 0 saturated carbocycles. The fourth-order valence-corrected chi connectivity index (χ4v) is 1.22. The summed E-state index contributed by atoms with van der Waals surface area (Å²) in [6.45, 7) is 0. The van der Waals surface area contributed by atoms with Crippen LogP contribution in [0.1, 0.15) is 21.9 Å². The molecule has 1 aromatic rings. The average molecular weight is 190 g/mol. The van der Waals surface area contributed by atoms with E-state index in [1.165, 1.54) is 18.3 Å². The van der Waals surface area contributed by atoms with Crippen molar-refractivity contribution in [3.05, 3.63) is 29.4 Å². The van der Waals surface area contributed by atoms with E-state index in [9.17, 15) is 9.59 Å². The minimum Gasteiger partial charge on any atom is -0.475 e. The van der Waals surface area contributed by atoms with Crippen molar-refractivity contribution >= 4 is 17.8 Å². The van der Waals surface area contributed by atoms with E-state index in [2.05, 4.69) is 9.97 Å². The van der Waals surface area contributed by atoms with E-state index in [0.717, 1.165) is 0 Å². The summed E-state index contributed by atoms with van der Waals surface area (Å²) in [7, 11) is 0. The maximum atomic E-state index is 11.0. The number of carbonyl (C=O) groups is 2. The van der Waals surface area contributed by atoms with Crippen LogP contribution in [0.4, 0.5) is 0 Å². The molecule has 0 unspecified atom stereocenters. The predicted octanol–water partition coefficient (Wildman–Crippen LogP) is 0.313. The topological polar surface area (TPSA) is 80.2 Å². The lowest BCUT2D eigenvalue weighted by molar-refractivity contribution is -0.114. The van der Waals surface area contributed by atoms with Crippen molar-refractivity contribution in [2.45, 2.75) is 6.42 Å². The van der Waals surface area contributed by atoms with Gasteiger partial charge in [0.1, 0.15) is 0 Å².